The van der Waals surface area contributed by atoms with Crippen LogP contribution in [-0.2, 0) is 4.74 Å². The van der Waals surface area contributed by atoms with Gasteiger partial charge in [-0.2, -0.15) is 0 Å². The van der Waals surface area contributed by atoms with Gasteiger partial charge >= 0.3 is 0 Å². The Balaban J connectivity index is 0.000000810. The van der Waals surface area contributed by atoms with E-state index in [0.717, 1.165) is 12.5 Å². The fourth-order valence-corrected chi connectivity index (χ4v) is 1.07. The maximum Gasteiger partial charge on any atom is 0.0462 e. The molecule has 0 aromatic rings. The maximum absolute atomic E-state index is 4.94. The third-order valence-corrected chi connectivity index (χ3v) is 1.83. The predicted octanol–water partition coefficient (Wildman–Crippen LogP) is 1.05. The molecule has 0 bridgehead atoms. The summed E-state index contributed by atoms with van der Waals surface area (Å²) in [6, 6.07) is 0. The van der Waals surface area contributed by atoms with Crippen LogP contribution in [0.3, 0.4) is 0 Å². The van der Waals surface area contributed by atoms with E-state index in [1.54, 1.807) is 7.11 Å². The predicted molar refractivity (Wildman–Crippen MR) is 44.7 cm³/mol. The smallest absolute Gasteiger partial charge is 0.0462 e. The van der Waals surface area contributed by atoms with E-state index < -0.39 is 0 Å². The van der Waals surface area contributed by atoms with E-state index >= 15 is 0 Å². The Bertz CT molecular complexity index is 76.0. The van der Waals surface area contributed by atoms with Crippen LogP contribution >= 0.6 is 12.4 Å². The van der Waals surface area contributed by atoms with E-state index in [2.05, 4.69) is 5.32 Å². The fourth-order valence-electron chi connectivity index (χ4n) is 1.07. The summed E-state index contributed by atoms with van der Waals surface area (Å²) in [7, 11) is 1.76. The molecule has 0 radical (unpaired) electrons. The van der Waals surface area contributed by atoms with E-state index in [1.807, 2.05) is 0 Å². The molecular weight excluding hydrogens is 150 g/mol. The molecule has 1 N–H and O–H groups in total. The zero-order chi connectivity index (χ0) is 6.53. The zero-order valence-electron chi connectivity index (χ0n) is 6.43. The highest BCUT2D eigenvalue weighted by Gasteiger charge is 2.14. The van der Waals surface area contributed by atoms with Gasteiger partial charge in [-0.25, -0.2) is 0 Å². The molecule has 2 nitrogen and oxygen atoms in total. The molecule has 1 aliphatic heterocycles. The third kappa shape index (κ3) is 3.40. The lowest BCUT2D eigenvalue weighted by molar-refractivity contribution is 0.180. The van der Waals surface area contributed by atoms with Crippen molar-refractivity contribution in [1.29, 1.82) is 0 Å². The average molecular weight is 166 g/mol. The molecule has 0 aromatic carbocycles. The van der Waals surface area contributed by atoms with Gasteiger partial charge in [0.25, 0.3) is 0 Å². The average Bonchev–Trinajstić information content (AvgIpc) is 1.76. The molecule has 1 saturated heterocycles. The second-order valence-electron chi connectivity index (χ2n) is 2.66. The Kier molecular flexibility index (Phi) is 6.08. The van der Waals surface area contributed by atoms with E-state index in [4.69, 9.17) is 4.74 Å². The molecule has 0 atom stereocenters. The summed E-state index contributed by atoms with van der Waals surface area (Å²) in [4.78, 5) is 0. The van der Waals surface area contributed by atoms with Crippen molar-refractivity contribution in [1.82, 2.24) is 5.32 Å². The highest BCUT2D eigenvalue weighted by atomic mass is 35.5. The molecule has 10 heavy (non-hydrogen) atoms. The van der Waals surface area contributed by atoms with Crippen molar-refractivity contribution in [2.24, 2.45) is 5.92 Å². The quantitative estimate of drug-likeness (QED) is 0.629. The number of hydrogen-bond acceptors (Lipinski definition) is 2. The molecule has 1 aliphatic rings. The van der Waals surface area contributed by atoms with Crippen LogP contribution in [-0.4, -0.2) is 26.8 Å². The lowest BCUT2D eigenvalue weighted by Gasteiger charge is -2.26. The summed E-state index contributed by atoms with van der Waals surface area (Å²) < 4.78 is 4.94. The molecule has 0 amide bonds. The van der Waals surface area contributed by atoms with Crippen molar-refractivity contribution in [2.45, 2.75) is 12.8 Å². The van der Waals surface area contributed by atoms with Gasteiger partial charge in [0, 0.05) is 13.7 Å². The first-order chi connectivity index (χ1) is 4.43. The number of nitrogens with one attached hydrogen (secondary N) is 1. The summed E-state index contributed by atoms with van der Waals surface area (Å²) in [5.41, 5.74) is 0. The minimum absolute atomic E-state index is 0. The Labute approximate surface area is 68.7 Å². The van der Waals surface area contributed by atoms with Gasteiger partial charge in [0.15, 0.2) is 0 Å². The summed E-state index contributed by atoms with van der Waals surface area (Å²) >= 11 is 0. The van der Waals surface area contributed by atoms with Crippen molar-refractivity contribution in [2.75, 3.05) is 26.8 Å². The SMILES string of the molecule is COCCCC1CNC1.Cl. The van der Waals surface area contributed by atoms with E-state index in [1.165, 1.54) is 25.9 Å². The summed E-state index contributed by atoms with van der Waals surface area (Å²) in [5, 5.41) is 3.25. The molecule has 0 aromatic heterocycles. The van der Waals surface area contributed by atoms with Crippen molar-refractivity contribution < 1.29 is 4.74 Å². The number of ether oxygens (including phenoxy) is 1. The lowest BCUT2D eigenvalue weighted by Crippen LogP contribution is -2.41. The number of halogens is 1. The standard InChI is InChI=1S/C7H15NO.ClH/c1-9-4-2-3-7-5-8-6-7;/h7-8H,2-6H2,1H3;1H. The Morgan fingerprint density at radius 1 is 1.50 bits per heavy atom. The Morgan fingerprint density at radius 3 is 2.60 bits per heavy atom. The van der Waals surface area contributed by atoms with Crippen molar-refractivity contribution in [3.05, 3.63) is 0 Å². The lowest BCUT2D eigenvalue weighted by atomic mass is 9.98. The molecule has 0 spiro atoms. The van der Waals surface area contributed by atoms with Crippen LogP contribution in [0.15, 0.2) is 0 Å². The van der Waals surface area contributed by atoms with Gasteiger partial charge in [-0.3, -0.25) is 0 Å². The zero-order valence-corrected chi connectivity index (χ0v) is 7.25. The van der Waals surface area contributed by atoms with Crippen LogP contribution in [0.5, 0.6) is 0 Å². The highest BCUT2D eigenvalue weighted by molar-refractivity contribution is 5.85. The van der Waals surface area contributed by atoms with Gasteiger partial charge < -0.3 is 10.1 Å². The topological polar surface area (TPSA) is 21.3 Å². The van der Waals surface area contributed by atoms with Gasteiger partial charge in [-0.1, -0.05) is 0 Å². The molecule has 1 rings (SSSR count). The van der Waals surface area contributed by atoms with E-state index in [-0.39, 0.29) is 12.4 Å². The van der Waals surface area contributed by atoms with Crippen molar-refractivity contribution in [3.63, 3.8) is 0 Å². The fraction of sp³-hybridized carbons (Fsp3) is 1.00. The summed E-state index contributed by atoms with van der Waals surface area (Å²) in [6.07, 6.45) is 2.56. The number of hydrogen-bond donors (Lipinski definition) is 1. The Morgan fingerprint density at radius 2 is 2.20 bits per heavy atom. The third-order valence-electron chi connectivity index (χ3n) is 1.83. The van der Waals surface area contributed by atoms with Gasteiger partial charge in [0.2, 0.25) is 0 Å². The second kappa shape index (κ2) is 5.96. The summed E-state index contributed by atoms with van der Waals surface area (Å²) in [6.45, 7) is 3.38. The molecule has 62 valence electrons. The van der Waals surface area contributed by atoms with Gasteiger partial charge in [0.05, 0.1) is 0 Å². The monoisotopic (exact) mass is 165 g/mol. The van der Waals surface area contributed by atoms with Gasteiger partial charge in [-0.15, -0.1) is 12.4 Å². The molecule has 0 unspecified atom stereocenters. The molecule has 1 fully saturated rings. The van der Waals surface area contributed by atoms with Crippen LogP contribution in [0.25, 0.3) is 0 Å². The minimum atomic E-state index is 0. The van der Waals surface area contributed by atoms with Gasteiger partial charge in [0.1, 0.15) is 0 Å². The summed E-state index contributed by atoms with van der Waals surface area (Å²) in [5.74, 6) is 0.945. The first-order valence-corrected chi connectivity index (χ1v) is 3.63. The normalized spacial score (nSPS) is 17.7. The molecule has 0 saturated carbocycles. The highest BCUT2D eigenvalue weighted by Crippen LogP contribution is 2.09. The van der Waals surface area contributed by atoms with Crippen LogP contribution < -0.4 is 5.32 Å². The first kappa shape index (κ1) is 10.2. The van der Waals surface area contributed by atoms with E-state index in [9.17, 15) is 0 Å². The molecule has 0 aliphatic carbocycles. The van der Waals surface area contributed by atoms with Gasteiger partial charge in [-0.05, 0) is 31.8 Å². The first-order valence-electron chi connectivity index (χ1n) is 3.63. The van der Waals surface area contributed by atoms with Crippen LogP contribution in [0.2, 0.25) is 0 Å². The van der Waals surface area contributed by atoms with Crippen LogP contribution in [0.4, 0.5) is 0 Å². The van der Waals surface area contributed by atoms with Crippen molar-refractivity contribution >= 4 is 12.4 Å². The molecule has 3 heteroatoms. The van der Waals surface area contributed by atoms with E-state index in [0.29, 0.717) is 0 Å². The molecular formula is C7H16ClNO. The second-order valence-corrected chi connectivity index (χ2v) is 2.66. The van der Waals surface area contributed by atoms with Crippen LogP contribution in [0.1, 0.15) is 12.8 Å². The number of methoxy groups -OCH3 is 1. The number of rotatable bonds is 4. The minimum Gasteiger partial charge on any atom is -0.385 e. The van der Waals surface area contributed by atoms with Crippen molar-refractivity contribution in [3.8, 4) is 0 Å². The largest absolute Gasteiger partial charge is 0.385 e. The van der Waals surface area contributed by atoms with Crippen LogP contribution in [0, 0.1) is 5.92 Å². The maximum atomic E-state index is 4.94. The molecule has 1 heterocycles. The Hall–Kier alpha value is 0.210.